The quantitative estimate of drug-likeness (QED) is 0.604. The van der Waals surface area contributed by atoms with E-state index in [0.717, 1.165) is 35.1 Å². The van der Waals surface area contributed by atoms with Crippen molar-refractivity contribution in [3.63, 3.8) is 0 Å². The fourth-order valence-corrected chi connectivity index (χ4v) is 5.44. The number of nitrogens with zero attached hydrogens (tertiary/aromatic N) is 1. The van der Waals surface area contributed by atoms with Crippen LogP contribution in [0.25, 0.3) is 11.1 Å². The summed E-state index contributed by atoms with van der Waals surface area (Å²) in [5, 5.41) is 12.5. The molecule has 0 spiro atoms. The molecule has 35 heavy (non-hydrogen) atoms. The smallest absolute Gasteiger partial charge is 0.407 e. The highest BCUT2D eigenvalue weighted by molar-refractivity contribution is 5.90. The monoisotopic (exact) mass is 478 g/mol. The predicted molar refractivity (Wildman–Crippen MR) is 133 cm³/mol. The van der Waals surface area contributed by atoms with Crippen LogP contribution in [-0.4, -0.2) is 53.2 Å². The molecule has 2 N–H and O–H groups in total. The lowest BCUT2D eigenvalue weighted by atomic mass is 9.89. The molecule has 7 nitrogen and oxygen atoms in total. The van der Waals surface area contributed by atoms with Crippen LogP contribution < -0.4 is 5.32 Å². The van der Waals surface area contributed by atoms with Crippen LogP contribution in [0, 0.1) is 11.8 Å². The highest BCUT2D eigenvalue weighted by atomic mass is 16.5. The van der Waals surface area contributed by atoms with Crippen molar-refractivity contribution in [1.82, 2.24) is 10.2 Å². The highest BCUT2D eigenvalue weighted by Gasteiger charge is 2.41. The Balaban J connectivity index is 1.47. The van der Waals surface area contributed by atoms with Crippen LogP contribution >= 0.6 is 0 Å². The predicted octanol–water partition coefficient (Wildman–Crippen LogP) is 4.65. The zero-order valence-corrected chi connectivity index (χ0v) is 20.6. The topological polar surface area (TPSA) is 95.9 Å². The first-order valence-corrected chi connectivity index (χ1v) is 12.5. The summed E-state index contributed by atoms with van der Waals surface area (Å²) in [6, 6.07) is 14.5. The van der Waals surface area contributed by atoms with E-state index in [0.29, 0.717) is 13.0 Å². The van der Waals surface area contributed by atoms with Gasteiger partial charge in [-0.05, 0) is 46.9 Å². The molecule has 1 heterocycles. The number of benzene rings is 2. The van der Waals surface area contributed by atoms with Gasteiger partial charge in [-0.1, -0.05) is 75.7 Å². The van der Waals surface area contributed by atoms with Gasteiger partial charge < -0.3 is 20.1 Å². The standard InChI is InChI=1S/C28H34N2O5/c1-4-17(2)24(26(31)30-15-9-10-18(3)25(30)27(32)33)29-28(34)35-16-23-21-13-7-5-11-19(21)20-12-6-8-14-22(20)23/h5-8,11-14,17-18,23-25H,4,9-10,15-16H2,1-3H3,(H,29,34)(H,32,33)/t17?,18?,24-,25?/m0/s1. The Labute approximate surface area is 206 Å². The van der Waals surface area contributed by atoms with Crippen LogP contribution in [0.15, 0.2) is 48.5 Å². The van der Waals surface area contributed by atoms with Crippen LogP contribution in [0.2, 0.25) is 0 Å². The van der Waals surface area contributed by atoms with Crippen LogP contribution in [0.3, 0.4) is 0 Å². The van der Waals surface area contributed by atoms with Gasteiger partial charge in [0.05, 0.1) is 0 Å². The molecule has 4 rings (SSSR count). The molecule has 2 aliphatic rings. The highest BCUT2D eigenvalue weighted by Crippen LogP contribution is 2.44. The number of carboxylic acid groups (broad SMARTS) is 1. The molecule has 1 saturated heterocycles. The number of piperidine rings is 1. The molecule has 3 unspecified atom stereocenters. The molecule has 1 aliphatic heterocycles. The van der Waals surface area contributed by atoms with Gasteiger partial charge in [0.15, 0.2) is 0 Å². The minimum absolute atomic E-state index is 0.0785. The third-order valence-corrected chi connectivity index (χ3v) is 7.57. The SMILES string of the molecule is CCC(C)[C@H](NC(=O)OCC1c2ccccc2-c2ccccc21)C(=O)N1CCCC(C)C1C(=O)O. The summed E-state index contributed by atoms with van der Waals surface area (Å²) in [5.74, 6) is -1.75. The van der Waals surface area contributed by atoms with Crippen LogP contribution in [0.1, 0.15) is 57.1 Å². The first kappa shape index (κ1) is 24.8. The maximum absolute atomic E-state index is 13.5. The zero-order chi connectivity index (χ0) is 25.1. The zero-order valence-electron chi connectivity index (χ0n) is 20.6. The molecule has 7 heteroatoms. The van der Waals surface area contributed by atoms with E-state index in [1.807, 2.05) is 45.0 Å². The van der Waals surface area contributed by atoms with E-state index >= 15 is 0 Å². The average Bonchev–Trinajstić information content (AvgIpc) is 3.18. The van der Waals surface area contributed by atoms with E-state index in [9.17, 15) is 19.5 Å². The number of carboxylic acids is 1. The summed E-state index contributed by atoms with van der Waals surface area (Å²) < 4.78 is 5.66. The van der Waals surface area contributed by atoms with E-state index in [1.165, 1.54) is 4.90 Å². The number of ether oxygens (including phenoxy) is 1. The van der Waals surface area contributed by atoms with Crippen molar-refractivity contribution in [2.75, 3.05) is 13.2 Å². The number of carbonyl (C=O) groups excluding carboxylic acids is 2. The van der Waals surface area contributed by atoms with Crippen molar-refractivity contribution in [3.05, 3.63) is 59.7 Å². The molecule has 2 aromatic carbocycles. The number of nitrogens with one attached hydrogen (secondary N) is 1. The molecule has 4 atom stereocenters. The van der Waals surface area contributed by atoms with E-state index in [1.54, 1.807) is 0 Å². The number of rotatable bonds is 7. The molecule has 2 amide bonds. The van der Waals surface area contributed by atoms with Crippen molar-refractivity contribution in [1.29, 1.82) is 0 Å². The molecule has 0 radical (unpaired) electrons. The summed E-state index contributed by atoms with van der Waals surface area (Å²) in [6.07, 6.45) is 1.49. The summed E-state index contributed by atoms with van der Waals surface area (Å²) in [4.78, 5) is 39.7. The molecule has 186 valence electrons. The number of aliphatic carboxylic acids is 1. The van der Waals surface area contributed by atoms with E-state index in [-0.39, 0.29) is 30.3 Å². The average molecular weight is 479 g/mol. The Morgan fingerprint density at radius 2 is 1.69 bits per heavy atom. The maximum atomic E-state index is 13.5. The van der Waals surface area contributed by atoms with Gasteiger partial charge >= 0.3 is 12.1 Å². The Hall–Kier alpha value is -3.35. The molecule has 2 aromatic rings. The largest absolute Gasteiger partial charge is 0.480 e. The summed E-state index contributed by atoms with van der Waals surface area (Å²) in [5.41, 5.74) is 4.51. The number of alkyl carbamates (subject to hydrolysis) is 1. The Morgan fingerprint density at radius 3 is 2.26 bits per heavy atom. The minimum Gasteiger partial charge on any atom is -0.480 e. The summed E-state index contributed by atoms with van der Waals surface area (Å²) >= 11 is 0. The van der Waals surface area contributed by atoms with Gasteiger partial charge in [0, 0.05) is 12.5 Å². The molecule has 1 aliphatic carbocycles. The second kappa shape index (κ2) is 10.5. The fourth-order valence-electron chi connectivity index (χ4n) is 5.44. The minimum atomic E-state index is -1.01. The van der Waals surface area contributed by atoms with Crippen molar-refractivity contribution >= 4 is 18.0 Å². The van der Waals surface area contributed by atoms with Crippen molar-refractivity contribution < 1.29 is 24.2 Å². The van der Waals surface area contributed by atoms with Crippen LogP contribution in [-0.2, 0) is 14.3 Å². The third kappa shape index (κ3) is 4.90. The number of amides is 2. The second-order valence-electron chi connectivity index (χ2n) is 9.77. The molecular formula is C28H34N2O5. The number of hydrogen-bond donors (Lipinski definition) is 2. The van der Waals surface area contributed by atoms with Gasteiger partial charge in [-0.25, -0.2) is 9.59 Å². The molecule has 0 saturated carbocycles. The van der Waals surface area contributed by atoms with Gasteiger partial charge in [0.1, 0.15) is 18.7 Å². The van der Waals surface area contributed by atoms with Crippen LogP contribution in [0.4, 0.5) is 4.79 Å². The molecule has 0 bridgehead atoms. The number of fused-ring (bicyclic) bond motifs is 3. The van der Waals surface area contributed by atoms with E-state index in [2.05, 4.69) is 29.6 Å². The second-order valence-corrected chi connectivity index (χ2v) is 9.77. The fraction of sp³-hybridized carbons (Fsp3) is 0.464. The van der Waals surface area contributed by atoms with Crippen molar-refractivity contribution in [2.24, 2.45) is 11.8 Å². The normalized spacial score (nSPS) is 20.9. The van der Waals surface area contributed by atoms with Crippen molar-refractivity contribution in [2.45, 2.75) is 58.0 Å². The molecule has 1 fully saturated rings. The van der Waals surface area contributed by atoms with E-state index in [4.69, 9.17) is 4.74 Å². The van der Waals surface area contributed by atoms with Gasteiger partial charge in [-0.15, -0.1) is 0 Å². The first-order valence-electron chi connectivity index (χ1n) is 12.5. The molecule has 0 aromatic heterocycles. The Morgan fingerprint density at radius 1 is 1.09 bits per heavy atom. The Kier molecular flexibility index (Phi) is 7.43. The molecular weight excluding hydrogens is 444 g/mol. The van der Waals surface area contributed by atoms with Gasteiger partial charge in [0.2, 0.25) is 5.91 Å². The lowest BCUT2D eigenvalue weighted by Crippen LogP contribution is -2.59. The van der Waals surface area contributed by atoms with Crippen LogP contribution in [0.5, 0.6) is 0 Å². The third-order valence-electron chi connectivity index (χ3n) is 7.57. The summed E-state index contributed by atoms with van der Waals surface area (Å²) in [6.45, 7) is 6.21. The van der Waals surface area contributed by atoms with Gasteiger partial charge in [0.25, 0.3) is 0 Å². The van der Waals surface area contributed by atoms with Gasteiger partial charge in [-0.2, -0.15) is 0 Å². The lowest BCUT2D eigenvalue weighted by molar-refractivity contribution is -0.156. The number of carbonyl (C=O) groups is 3. The summed E-state index contributed by atoms with van der Waals surface area (Å²) in [7, 11) is 0. The Bertz CT molecular complexity index is 1050. The number of hydrogen-bond acceptors (Lipinski definition) is 4. The van der Waals surface area contributed by atoms with E-state index < -0.39 is 24.1 Å². The van der Waals surface area contributed by atoms with Crippen molar-refractivity contribution in [3.8, 4) is 11.1 Å². The van der Waals surface area contributed by atoms with Gasteiger partial charge in [-0.3, -0.25) is 4.79 Å². The number of likely N-dealkylation sites (tertiary alicyclic amines) is 1. The maximum Gasteiger partial charge on any atom is 0.407 e. The lowest BCUT2D eigenvalue weighted by Gasteiger charge is -2.40. The first-order chi connectivity index (χ1) is 16.8.